The Balaban J connectivity index is 1.58. The Bertz CT molecular complexity index is 326. The van der Waals surface area contributed by atoms with Crippen LogP contribution in [0.1, 0.15) is 25.7 Å². The normalized spacial score (nSPS) is 25.9. The third-order valence-electron chi connectivity index (χ3n) is 3.47. The molecule has 0 aliphatic heterocycles. The average Bonchev–Trinajstić information content (AvgIpc) is 3.14. The molecule has 0 heterocycles. The minimum Gasteiger partial charge on any atom is -0.356 e. The highest BCUT2D eigenvalue weighted by atomic mass is 16.2. The maximum Gasteiger partial charge on any atom is 0.224 e. The van der Waals surface area contributed by atoms with E-state index in [9.17, 15) is 9.59 Å². The van der Waals surface area contributed by atoms with Gasteiger partial charge in [0.05, 0.1) is 11.8 Å². The van der Waals surface area contributed by atoms with Crippen LogP contribution in [0.15, 0.2) is 0 Å². The maximum atomic E-state index is 11.8. The van der Waals surface area contributed by atoms with Crippen molar-refractivity contribution in [1.29, 1.82) is 0 Å². The third-order valence-corrected chi connectivity index (χ3v) is 3.47. The Morgan fingerprint density at radius 3 is 2.44 bits per heavy atom. The second-order valence-corrected chi connectivity index (χ2v) is 5.68. The average molecular weight is 253 g/mol. The van der Waals surface area contributed by atoms with Gasteiger partial charge in [0, 0.05) is 12.6 Å². The lowest BCUT2D eigenvalue weighted by atomic mass is 10.2. The molecule has 0 aromatic heterocycles. The second-order valence-electron chi connectivity index (χ2n) is 5.68. The number of nitrogens with one attached hydrogen (secondary N) is 2. The first kappa shape index (κ1) is 13.3. The van der Waals surface area contributed by atoms with Gasteiger partial charge in [0.1, 0.15) is 0 Å². The molecule has 2 aliphatic carbocycles. The molecule has 2 rings (SSSR count). The van der Waals surface area contributed by atoms with Crippen molar-refractivity contribution in [2.24, 2.45) is 11.8 Å². The van der Waals surface area contributed by atoms with Crippen LogP contribution in [-0.2, 0) is 9.59 Å². The summed E-state index contributed by atoms with van der Waals surface area (Å²) in [5.74, 6) is -0.0294. The lowest BCUT2D eigenvalue weighted by Crippen LogP contribution is -2.32. The van der Waals surface area contributed by atoms with E-state index in [0.717, 1.165) is 32.2 Å². The predicted octanol–water partition coefficient (Wildman–Crippen LogP) is -0.0310. The Kier molecular flexibility index (Phi) is 4.22. The first-order chi connectivity index (χ1) is 8.58. The smallest absolute Gasteiger partial charge is 0.224 e. The molecule has 102 valence electrons. The number of carbonyl (C=O) groups is 2. The molecule has 2 atom stereocenters. The molecule has 0 bridgehead atoms. The molecule has 0 radical (unpaired) electrons. The summed E-state index contributed by atoms with van der Waals surface area (Å²) in [5, 5.41) is 5.87. The number of hydrogen-bond acceptors (Lipinski definition) is 3. The number of amides is 2. The summed E-state index contributed by atoms with van der Waals surface area (Å²) in [4.78, 5) is 25.5. The Labute approximate surface area is 108 Å². The van der Waals surface area contributed by atoms with Crippen LogP contribution in [-0.4, -0.2) is 49.9 Å². The van der Waals surface area contributed by atoms with Gasteiger partial charge in [-0.2, -0.15) is 0 Å². The van der Waals surface area contributed by atoms with E-state index < -0.39 is 0 Å². The number of carbonyl (C=O) groups excluding carboxylic acids is 2. The van der Waals surface area contributed by atoms with E-state index in [1.54, 1.807) is 0 Å². The van der Waals surface area contributed by atoms with Gasteiger partial charge in [-0.15, -0.1) is 0 Å². The minimum absolute atomic E-state index is 0.0460. The number of nitrogens with zero attached hydrogens (tertiary/aromatic N) is 1. The third kappa shape index (κ3) is 3.98. The first-order valence-corrected chi connectivity index (χ1v) is 6.80. The van der Waals surface area contributed by atoms with E-state index in [2.05, 4.69) is 15.5 Å². The first-order valence-electron chi connectivity index (χ1n) is 6.80. The highest BCUT2D eigenvalue weighted by Crippen LogP contribution is 2.39. The molecule has 0 aromatic rings. The molecule has 2 aliphatic rings. The van der Waals surface area contributed by atoms with Crippen molar-refractivity contribution in [3.8, 4) is 0 Å². The van der Waals surface area contributed by atoms with Crippen LogP contribution in [0.3, 0.4) is 0 Å². The maximum absolute atomic E-state index is 11.8. The molecule has 2 unspecified atom stereocenters. The fourth-order valence-electron chi connectivity index (χ4n) is 2.05. The zero-order chi connectivity index (χ0) is 13.1. The van der Waals surface area contributed by atoms with E-state index in [4.69, 9.17) is 0 Å². The van der Waals surface area contributed by atoms with E-state index in [0.29, 0.717) is 12.6 Å². The topological polar surface area (TPSA) is 61.4 Å². The van der Waals surface area contributed by atoms with Gasteiger partial charge in [0.15, 0.2) is 0 Å². The van der Waals surface area contributed by atoms with Crippen LogP contribution in [0.5, 0.6) is 0 Å². The molecule has 2 N–H and O–H groups in total. The Morgan fingerprint density at radius 1 is 1.17 bits per heavy atom. The van der Waals surface area contributed by atoms with Crippen LogP contribution in [0.2, 0.25) is 0 Å². The summed E-state index contributed by atoms with van der Waals surface area (Å²) >= 11 is 0. The van der Waals surface area contributed by atoms with Crippen molar-refractivity contribution in [2.75, 3.05) is 27.2 Å². The standard InChI is InChI=1S/C13H23N3O2/c1-16(2)7-3-6-14-12(17)10-8-11(10)13(18)15-9-4-5-9/h9-11H,3-8H2,1-2H3,(H,14,17)(H,15,18). The minimum atomic E-state index is -0.0805. The van der Waals surface area contributed by atoms with Gasteiger partial charge in [0.25, 0.3) is 0 Å². The number of hydrogen-bond donors (Lipinski definition) is 2. The van der Waals surface area contributed by atoms with Crippen LogP contribution in [0.4, 0.5) is 0 Å². The highest BCUT2D eigenvalue weighted by Gasteiger charge is 2.48. The molecule has 18 heavy (non-hydrogen) atoms. The van der Waals surface area contributed by atoms with Gasteiger partial charge in [-0.05, 0) is 46.3 Å². The van der Waals surface area contributed by atoms with Gasteiger partial charge in [-0.1, -0.05) is 0 Å². The molecule has 0 aromatic carbocycles. The van der Waals surface area contributed by atoms with Gasteiger partial charge in [-0.25, -0.2) is 0 Å². The van der Waals surface area contributed by atoms with Gasteiger partial charge < -0.3 is 15.5 Å². The zero-order valence-corrected chi connectivity index (χ0v) is 11.2. The van der Waals surface area contributed by atoms with E-state index >= 15 is 0 Å². The van der Waals surface area contributed by atoms with Crippen LogP contribution in [0.25, 0.3) is 0 Å². The molecule has 0 spiro atoms. The van der Waals surface area contributed by atoms with Gasteiger partial charge in [-0.3, -0.25) is 9.59 Å². The van der Waals surface area contributed by atoms with Gasteiger partial charge >= 0.3 is 0 Å². The van der Waals surface area contributed by atoms with Crippen LogP contribution < -0.4 is 10.6 Å². The van der Waals surface area contributed by atoms with Crippen molar-refractivity contribution >= 4 is 11.8 Å². The van der Waals surface area contributed by atoms with E-state index in [1.165, 1.54) is 0 Å². The fraction of sp³-hybridized carbons (Fsp3) is 0.846. The molecule has 2 saturated carbocycles. The summed E-state index contributed by atoms with van der Waals surface area (Å²) in [5.41, 5.74) is 0. The van der Waals surface area contributed by atoms with Crippen molar-refractivity contribution < 1.29 is 9.59 Å². The van der Waals surface area contributed by atoms with Crippen molar-refractivity contribution in [2.45, 2.75) is 31.7 Å². The Hall–Kier alpha value is -1.10. The summed E-state index contributed by atoms with van der Waals surface area (Å²) < 4.78 is 0. The molecular weight excluding hydrogens is 230 g/mol. The lowest BCUT2D eigenvalue weighted by Gasteiger charge is -2.09. The van der Waals surface area contributed by atoms with Crippen molar-refractivity contribution in [3.05, 3.63) is 0 Å². The SMILES string of the molecule is CN(C)CCCNC(=O)C1CC1C(=O)NC1CC1. The molecule has 2 amide bonds. The zero-order valence-electron chi connectivity index (χ0n) is 11.2. The lowest BCUT2D eigenvalue weighted by molar-refractivity contribution is -0.127. The largest absolute Gasteiger partial charge is 0.356 e. The summed E-state index contributed by atoms with van der Waals surface area (Å²) in [6.45, 7) is 1.67. The van der Waals surface area contributed by atoms with Crippen molar-refractivity contribution in [3.63, 3.8) is 0 Å². The molecule has 2 fully saturated rings. The predicted molar refractivity (Wildman–Crippen MR) is 68.9 cm³/mol. The van der Waals surface area contributed by atoms with Crippen LogP contribution >= 0.6 is 0 Å². The molecular formula is C13H23N3O2. The second kappa shape index (κ2) is 5.69. The summed E-state index contributed by atoms with van der Waals surface area (Å²) in [7, 11) is 4.03. The summed E-state index contributed by atoms with van der Waals surface area (Å²) in [6, 6.07) is 0.391. The summed E-state index contributed by atoms with van der Waals surface area (Å²) in [6.07, 6.45) is 3.86. The highest BCUT2D eigenvalue weighted by molar-refractivity contribution is 5.92. The van der Waals surface area contributed by atoms with Crippen LogP contribution in [0, 0.1) is 11.8 Å². The molecule has 5 nitrogen and oxygen atoms in total. The molecule has 5 heteroatoms. The van der Waals surface area contributed by atoms with Crippen molar-refractivity contribution in [1.82, 2.24) is 15.5 Å². The fourth-order valence-corrected chi connectivity index (χ4v) is 2.05. The van der Waals surface area contributed by atoms with Gasteiger partial charge in [0.2, 0.25) is 11.8 Å². The van der Waals surface area contributed by atoms with E-state index in [1.807, 2.05) is 14.1 Å². The Morgan fingerprint density at radius 2 is 1.83 bits per heavy atom. The molecule has 0 saturated heterocycles. The quantitative estimate of drug-likeness (QED) is 0.626. The number of rotatable bonds is 7. The van der Waals surface area contributed by atoms with E-state index in [-0.39, 0.29) is 23.7 Å². The monoisotopic (exact) mass is 253 g/mol.